The van der Waals surface area contributed by atoms with Gasteiger partial charge >= 0.3 is 5.97 Å². The van der Waals surface area contributed by atoms with Gasteiger partial charge in [-0.05, 0) is 38.0 Å². The molecule has 108 valence electrons. The highest BCUT2D eigenvalue weighted by molar-refractivity contribution is 5.89. The second kappa shape index (κ2) is 5.94. The molecular formula is C15H20N2O3. The van der Waals surface area contributed by atoms with Gasteiger partial charge in [0.2, 0.25) is 5.91 Å². The molecule has 1 amide bonds. The van der Waals surface area contributed by atoms with Gasteiger partial charge < -0.3 is 15.0 Å². The van der Waals surface area contributed by atoms with Crippen molar-refractivity contribution in [1.29, 1.82) is 0 Å². The van der Waals surface area contributed by atoms with Crippen LogP contribution in [0.3, 0.4) is 0 Å². The van der Waals surface area contributed by atoms with Crippen LogP contribution in [0.5, 0.6) is 5.75 Å². The molecule has 0 saturated carbocycles. The molecule has 1 aliphatic rings. The highest BCUT2D eigenvalue weighted by Crippen LogP contribution is 2.32. The average Bonchev–Trinajstić information content (AvgIpc) is 2.39. The van der Waals surface area contributed by atoms with Crippen LogP contribution in [0.2, 0.25) is 0 Å². The summed E-state index contributed by atoms with van der Waals surface area (Å²) in [6.07, 6.45) is 0.878. The maximum atomic E-state index is 12.0. The van der Waals surface area contributed by atoms with Crippen LogP contribution in [0.15, 0.2) is 18.2 Å². The number of anilines is 1. The lowest BCUT2D eigenvalue weighted by Gasteiger charge is -2.29. The summed E-state index contributed by atoms with van der Waals surface area (Å²) >= 11 is 0. The fraction of sp³-hybridized carbons (Fsp3) is 0.467. The Morgan fingerprint density at radius 2 is 2.25 bits per heavy atom. The van der Waals surface area contributed by atoms with Crippen molar-refractivity contribution in [3.63, 3.8) is 0 Å². The highest BCUT2D eigenvalue weighted by atomic mass is 16.5. The quantitative estimate of drug-likeness (QED) is 0.671. The van der Waals surface area contributed by atoms with E-state index in [0.717, 1.165) is 17.7 Å². The van der Waals surface area contributed by atoms with Crippen LogP contribution < -0.4 is 15.0 Å². The number of carbonyl (C=O) groups is 2. The first-order chi connectivity index (χ1) is 9.49. The largest absolute Gasteiger partial charge is 0.423 e. The summed E-state index contributed by atoms with van der Waals surface area (Å²) in [5, 5.41) is 2.90. The number of benzene rings is 1. The summed E-state index contributed by atoms with van der Waals surface area (Å²) in [5.41, 5.74) is 1.86. The average molecular weight is 276 g/mol. The zero-order chi connectivity index (χ0) is 14.7. The lowest BCUT2D eigenvalue weighted by atomic mass is 10.1. The van der Waals surface area contributed by atoms with Crippen molar-refractivity contribution in [2.75, 3.05) is 18.0 Å². The number of amides is 1. The summed E-state index contributed by atoms with van der Waals surface area (Å²) in [5.74, 6) is 0.0994. The van der Waals surface area contributed by atoms with Crippen LogP contribution in [0.1, 0.15) is 25.8 Å². The Hall–Kier alpha value is -2.04. The molecule has 1 N–H and O–H groups in total. The first-order valence-electron chi connectivity index (χ1n) is 6.85. The van der Waals surface area contributed by atoms with Gasteiger partial charge in [0.1, 0.15) is 6.54 Å². The Balaban J connectivity index is 2.14. The predicted molar refractivity (Wildman–Crippen MR) is 76.9 cm³/mol. The Bertz CT molecular complexity index is 528. The number of aryl methyl sites for hydroxylation is 1. The molecule has 1 aromatic rings. The smallest absolute Gasteiger partial charge is 0.331 e. The second-order valence-electron chi connectivity index (χ2n) is 5.18. The number of esters is 1. The number of carbonyl (C=O) groups excluding carboxylic acids is 2. The molecule has 0 aliphatic carbocycles. The van der Waals surface area contributed by atoms with Crippen molar-refractivity contribution in [3.8, 4) is 5.75 Å². The van der Waals surface area contributed by atoms with Gasteiger partial charge in [-0.3, -0.25) is 4.79 Å². The topological polar surface area (TPSA) is 58.6 Å². The first-order valence-corrected chi connectivity index (χ1v) is 6.85. The Morgan fingerprint density at radius 3 is 2.95 bits per heavy atom. The van der Waals surface area contributed by atoms with E-state index in [4.69, 9.17) is 4.74 Å². The van der Waals surface area contributed by atoms with E-state index in [-0.39, 0.29) is 31.0 Å². The third-order valence-corrected chi connectivity index (χ3v) is 3.35. The Kier molecular flexibility index (Phi) is 4.27. The first kappa shape index (κ1) is 14.4. The molecule has 0 bridgehead atoms. The van der Waals surface area contributed by atoms with Crippen LogP contribution in [0, 0.1) is 6.92 Å². The molecule has 1 aliphatic heterocycles. The maximum Gasteiger partial charge on any atom is 0.331 e. The van der Waals surface area contributed by atoms with Crippen molar-refractivity contribution in [1.82, 2.24) is 5.32 Å². The minimum Gasteiger partial charge on any atom is -0.423 e. The van der Waals surface area contributed by atoms with Gasteiger partial charge in [0, 0.05) is 6.04 Å². The zero-order valence-electron chi connectivity index (χ0n) is 12.1. The molecule has 0 radical (unpaired) electrons. The summed E-state index contributed by atoms with van der Waals surface area (Å²) < 4.78 is 5.19. The highest BCUT2D eigenvalue weighted by Gasteiger charge is 2.25. The van der Waals surface area contributed by atoms with Gasteiger partial charge in [-0.15, -0.1) is 0 Å². The third kappa shape index (κ3) is 3.29. The van der Waals surface area contributed by atoms with E-state index < -0.39 is 0 Å². The Morgan fingerprint density at radius 1 is 1.50 bits per heavy atom. The predicted octanol–water partition coefficient (Wildman–Crippen LogP) is 1.64. The fourth-order valence-electron chi connectivity index (χ4n) is 2.09. The number of hydrogen-bond acceptors (Lipinski definition) is 4. The van der Waals surface area contributed by atoms with Crippen LogP contribution in [-0.2, 0) is 9.59 Å². The van der Waals surface area contributed by atoms with E-state index in [1.807, 2.05) is 32.9 Å². The van der Waals surface area contributed by atoms with Crippen LogP contribution in [-0.4, -0.2) is 31.0 Å². The molecule has 0 spiro atoms. The standard InChI is InChI=1S/C15H20N2O3/c1-4-11(3)16-14(18)8-17-9-15(19)20-13-6-5-10(2)7-12(13)17/h5-7,11H,4,8-9H2,1-3H3,(H,16,18). The van der Waals surface area contributed by atoms with Crippen molar-refractivity contribution in [3.05, 3.63) is 23.8 Å². The van der Waals surface area contributed by atoms with E-state index in [0.29, 0.717) is 5.75 Å². The van der Waals surface area contributed by atoms with Crippen molar-refractivity contribution in [2.45, 2.75) is 33.2 Å². The minimum atomic E-state index is -0.335. The zero-order valence-corrected chi connectivity index (χ0v) is 12.1. The van der Waals surface area contributed by atoms with Gasteiger partial charge in [0.25, 0.3) is 0 Å². The number of rotatable bonds is 4. The number of nitrogens with one attached hydrogen (secondary N) is 1. The third-order valence-electron chi connectivity index (χ3n) is 3.35. The number of ether oxygens (including phenoxy) is 1. The molecule has 0 aromatic heterocycles. The van der Waals surface area contributed by atoms with E-state index >= 15 is 0 Å². The number of hydrogen-bond donors (Lipinski definition) is 1. The van der Waals surface area contributed by atoms with Crippen LogP contribution in [0.4, 0.5) is 5.69 Å². The van der Waals surface area contributed by atoms with E-state index in [2.05, 4.69) is 5.32 Å². The van der Waals surface area contributed by atoms with E-state index in [9.17, 15) is 9.59 Å². The molecule has 5 heteroatoms. The summed E-state index contributed by atoms with van der Waals surface area (Å²) in [7, 11) is 0. The molecule has 0 fully saturated rings. The molecule has 1 atom stereocenters. The molecule has 1 aromatic carbocycles. The van der Waals surface area contributed by atoms with Gasteiger partial charge in [-0.25, -0.2) is 4.79 Å². The monoisotopic (exact) mass is 276 g/mol. The molecule has 20 heavy (non-hydrogen) atoms. The number of nitrogens with zero attached hydrogens (tertiary/aromatic N) is 1. The SMILES string of the molecule is CCC(C)NC(=O)CN1CC(=O)Oc2ccc(C)cc21. The van der Waals surface area contributed by atoms with Crippen LogP contribution in [0.25, 0.3) is 0 Å². The molecular weight excluding hydrogens is 256 g/mol. The summed E-state index contributed by atoms with van der Waals surface area (Å²) in [4.78, 5) is 25.3. The molecule has 1 heterocycles. The van der Waals surface area contributed by atoms with Crippen molar-refractivity contribution in [2.24, 2.45) is 0 Å². The number of fused-ring (bicyclic) bond motifs is 1. The van der Waals surface area contributed by atoms with Gasteiger partial charge in [-0.1, -0.05) is 13.0 Å². The van der Waals surface area contributed by atoms with Crippen LogP contribution >= 0.6 is 0 Å². The lowest BCUT2D eigenvalue weighted by Crippen LogP contribution is -2.45. The molecule has 1 unspecified atom stereocenters. The Labute approximate surface area is 118 Å². The maximum absolute atomic E-state index is 12.0. The summed E-state index contributed by atoms with van der Waals surface area (Å²) in [6, 6.07) is 5.71. The fourth-order valence-corrected chi connectivity index (χ4v) is 2.09. The second-order valence-corrected chi connectivity index (χ2v) is 5.18. The van der Waals surface area contributed by atoms with Crippen molar-refractivity contribution >= 4 is 17.6 Å². The van der Waals surface area contributed by atoms with Crippen molar-refractivity contribution < 1.29 is 14.3 Å². The minimum absolute atomic E-state index is 0.0819. The molecule has 2 rings (SSSR count). The van der Waals surface area contributed by atoms with E-state index in [1.54, 1.807) is 11.0 Å². The van der Waals surface area contributed by atoms with Gasteiger partial charge in [-0.2, -0.15) is 0 Å². The molecule has 5 nitrogen and oxygen atoms in total. The summed E-state index contributed by atoms with van der Waals surface area (Å²) in [6.45, 7) is 6.21. The van der Waals surface area contributed by atoms with Gasteiger partial charge in [0.15, 0.2) is 5.75 Å². The normalized spacial score (nSPS) is 15.3. The molecule has 0 saturated heterocycles. The van der Waals surface area contributed by atoms with E-state index in [1.165, 1.54) is 0 Å². The van der Waals surface area contributed by atoms with Gasteiger partial charge in [0.05, 0.1) is 12.2 Å². The lowest BCUT2D eigenvalue weighted by molar-refractivity contribution is -0.133.